The first-order valence-corrected chi connectivity index (χ1v) is 8.89. The van der Waals surface area contributed by atoms with Crippen molar-refractivity contribution in [1.82, 2.24) is 0 Å². The first kappa shape index (κ1) is 14.5. The molecule has 6 atom stereocenters. The Morgan fingerprint density at radius 2 is 2.09 bits per heavy atom. The van der Waals surface area contributed by atoms with E-state index in [-0.39, 0.29) is 5.41 Å². The Balaban J connectivity index is 1.66. The van der Waals surface area contributed by atoms with Crippen LogP contribution in [0.25, 0.3) is 0 Å². The molecule has 0 bridgehead atoms. The van der Waals surface area contributed by atoms with Crippen LogP contribution >= 0.6 is 0 Å². The first-order valence-electron chi connectivity index (χ1n) is 8.89. The number of rotatable bonds is 0. The van der Waals surface area contributed by atoms with Crippen molar-refractivity contribution >= 4 is 5.78 Å². The molecule has 4 rings (SSSR count). The van der Waals surface area contributed by atoms with Crippen molar-refractivity contribution < 1.29 is 9.90 Å². The number of hydrogen-bond acceptors (Lipinski definition) is 2. The maximum atomic E-state index is 11.7. The molecule has 118 valence electrons. The molecule has 0 aromatic rings. The predicted molar refractivity (Wildman–Crippen MR) is 85.9 cm³/mol. The van der Waals surface area contributed by atoms with Gasteiger partial charge in [-0.2, -0.15) is 0 Å². The van der Waals surface area contributed by atoms with Gasteiger partial charge in [0.1, 0.15) is 11.4 Å². The van der Waals surface area contributed by atoms with Crippen LogP contribution in [0.5, 0.6) is 0 Å². The Bertz CT molecular complexity index is 583. The topological polar surface area (TPSA) is 37.3 Å². The van der Waals surface area contributed by atoms with Crippen LogP contribution in [0.1, 0.15) is 58.3 Å². The summed E-state index contributed by atoms with van der Waals surface area (Å²) in [6.45, 7) is 2.23. The van der Waals surface area contributed by atoms with E-state index in [1.54, 1.807) is 0 Å². The van der Waals surface area contributed by atoms with Gasteiger partial charge < -0.3 is 5.11 Å². The SMILES string of the molecule is C#C[C@]1(O)CC[C@H]2[C@@H]3CC=C4CC(=O)CC[C@@H]4[C@H]3CC[C@@]21C. The predicted octanol–water partition coefficient (Wildman–Crippen LogP) is 3.49. The summed E-state index contributed by atoms with van der Waals surface area (Å²) in [5.74, 6) is 5.69. The third-order valence-electron chi connectivity index (χ3n) is 7.66. The quantitative estimate of drug-likeness (QED) is 0.549. The number of carbonyl (C=O) groups is 1. The summed E-state index contributed by atoms with van der Waals surface area (Å²) >= 11 is 0. The maximum Gasteiger partial charge on any atom is 0.136 e. The van der Waals surface area contributed by atoms with Crippen LogP contribution in [0.4, 0.5) is 0 Å². The van der Waals surface area contributed by atoms with Crippen LogP contribution in [-0.4, -0.2) is 16.5 Å². The van der Waals surface area contributed by atoms with E-state index in [1.807, 2.05) is 0 Å². The van der Waals surface area contributed by atoms with Gasteiger partial charge in [0.2, 0.25) is 0 Å². The van der Waals surface area contributed by atoms with Crippen LogP contribution in [0, 0.1) is 41.4 Å². The molecule has 2 heteroatoms. The van der Waals surface area contributed by atoms with Gasteiger partial charge in [-0.1, -0.05) is 24.5 Å². The molecule has 0 saturated heterocycles. The van der Waals surface area contributed by atoms with E-state index < -0.39 is 5.60 Å². The van der Waals surface area contributed by atoms with Crippen molar-refractivity contribution in [3.8, 4) is 12.3 Å². The van der Waals surface area contributed by atoms with Gasteiger partial charge >= 0.3 is 0 Å². The zero-order valence-electron chi connectivity index (χ0n) is 13.5. The summed E-state index contributed by atoms with van der Waals surface area (Å²) in [6.07, 6.45) is 15.7. The summed E-state index contributed by atoms with van der Waals surface area (Å²) in [6, 6.07) is 0. The minimum atomic E-state index is -0.908. The van der Waals surface area contributed by atoms with E-state index in [0.29, 0.717) is 35.9 Å². The van der Waals surface area contributed by atoms with Gasteiger partial charge in [0.05, 0.1) is 0 Å². The number of allylic oxidation sites excluding steroid dienone is 2. The van der Waals surface area contributed by atoms with Gasteiger partial charge in [-0.3, -0.25) is 4.79 Å². The maximum absolute atomic E-state index is 11.7. The smallest absolute Gasteiger partial charge is 0.136 e. The minimum absolute atomic E-state index is 0.112. The zero-order chi connectivity index (χ0) is 15.5. The Kier molecular flexibility index (Phi) is 3.11. The highest BCUT2D eigenvalue weighted by atomic mass is 16.3. The fourth-order valence-corrected chi connectivity index (χ4v) is 6.36. The summed E-state index contributed by atoms with van der Waals surface area (Å²) in [7, 11) is 0. The number of carbonyl (C=O) groups excluding carboxylic acids is 1. The highest BCUT2D eigenvalue weighted by Crippen LogP contribution is 2.64. The molecule has 4 aliphatic rings. The third kappa shape index (κ3) is 1.75. The molecule has 0 heterocycles. The van der Waals surface area contributed by atoms with E-state index in [4.69, 9.17) is 6.42 Å². The van der Waals surface area contributed by atoms with Crippen molar-refractivity contribution in [2.24, 2.45) is 29.1 Å². The monoisotopic (exact) mass is 298 g/mol. The molecule has 0 radical (unpaired) electrons. The van der Waals surface area contributed by atoms with Crippen molar-refractivity contribution in [1.29, 1.82) is 0 Å². The summed E-state index contributed by atoms with van der Waals surface area (Å²) < 4.78 is 0. The molecule has 0 unspecified atom stereocenters. The number of Topliss-reactive ketones (excluding diaryl/α,β-unsaturated/α-hetero) is 1. The fraction of sp³-hybridized carbons (Fsp3) is 0.750. The van der Waals surface area contributed by atoms with Crippen molar-refractivity contribution in [3.63, 3.8) is 0 Å². The van der Waals surface area contributed by atoms with E-state index in [2.05, 4.69) is 18.9 Å². The largest absolute Gasteiger partial charge is 0.377 e. The molecule has 0 aromatic heterocycles. The van der Waals surface area contributed by atoms with Crippen LogP contribution in [0.3, 0.4) is 0 Å². The molecule has 4 aliphatic carbocycles. The van der Waals surface area contributed by atoms with Gasteiger partial charge in [0, 0.05) is 18.3 Å². The molecule has 22 heavy (non-hydrogen) atoms. The minimum Gasteiger partial charge on any atom is -0.377 e. The lowest BCUT2D eigenvalue weighted by Crippen LogP contribution is -2.51. The van der Waals surface area contributed by atoms with Gasteiger partial charge in [-0.25, -0.2) is 0 Å². The zero-order valence-corrected chi connectivity index (χ0v) is 13.5. The van der Waals surface area contributed by atoms with Crippen LogP contribution in [0.15, 0.2) is 11.6 Å². The Morgan fingerprint density at radius 3 is 2.86 bits per heavy atom. The normalized spacial score (nSPS) is 50.4. The second kappa shape index (κ2) is 4.71. The van der Waals surface area contributed by atoms with Crippen molar-refractivity contribution in [2.75, 3.05) is 0 Å². The van der Waals surface area contributed by atoms with E-state index in [9.17, 15) is 9.90 Å². The fourth-order valence-electron chi connectivity index (χ4n) is 6.36. The standard InChI is InChI=1S/C20H26O2/c1-3-20(22)11-9-18-17-6-4-13-12-14(21)5-7-15(13)16(17)8-10-19(18,20)2/h1,4,15-18,22H,5-12H2,2H3/t15-,16+,17+,18-,19-,20-/m0/s1. The van der Waals surface area contributed by atoms with E-state index in [1.165, 1.54) is 5.57 Å². The lowest BCUT2D eigenvalue weighted by molar-refractivity contribution is -0.121. The van der Waals surface area contributed by atoms with E-state index >= 15 is 0 Å². The van der Waals surface area contributed by atoms with Gasteiger partial charge in [0.25, 0.3) is 0 Å². The second-order valence-corrected chi connectivity index (χ2v) is 8.31. The van der Waals surface area contributed by atoms with Crippen LogP contribution in [-0.2, 0) is 4.79 Å². The molecule has 1 N–H and O–H groups in total. The lowest BCUT2D eigenvalue weighted by atomic mass is 9.51. The highest BCUT2D eigenvalue weighted by Gasteiger charge is 2.61. The molecule has 3 saturated carbocycles. The summed E-state index contributed by atoms with van der Waals surface area (Å²) in [5, 5.41) is 10.9. The van der Waals surface area contributed by atoms with Crippen LogP contribution in [0.2, 0.25) is 0 Å². The van der Waals surface area contributed by atoms with Crippen molar-refractivity contribution in [3.05, 3.63) is 11.6 Å². The summed E-state index contributed by atoms with van der Waals surface area (Å²) in [5.41, 5.74) is 0.403. The number of terminal acetylenes is 1. The van der Waals surface area contributed by atoms with E-state index in [0.717, 1.165) is 44.9 Å². The molecule has 0 aromatic carbocycles. The Morgan fingerprint density at radius 1 is 1.27 bits per heavy atom. The third-order valence-corrected chi connectivity index (χ3v) is 7.66. The number of hydrogen-bond donors (Lipinski definition) is 1. The highest BCUT2D eigenvalue weighted by molar-refractivity contribution is 5.82. The second-order valence-electron chi connectivity index (χ2n) is 8.31. The Labute approximate surface area is 133 Å². The number of ketones is 1. The molecule has 0 amide bonds. The molecule has 2 nitrogen and oxygen atoms in total. The van der Waals surface area contributed by atoms with Gasteiger partial charge in [-0.15, -0.1) is 6.42 Å². The summed E-state index contributed by atoms with van der Waals surface area (Å²) in [4.78, 5) is 11.7. The van der Waals surface area contributed by atoms with Crippen molar-refractivity contribution in [2.45, 2.75) is 63.9 Å². The molecule has 3 fully saturated rings. The van der Waals surface area contributed by atoms with Gasteiger partial charge in [0.15, 0.2) is 0 Å². The molecular formula is C20H26O2. The molecule has 0 spiro atoms. The average Bonchev–Trinajstić information content (AvgIpc) is 2.79. The average molecular weight is 298 g/mol. The molecule has 0 aliphatic heterocycles. The number of fused-ring (bicyclic) bond motifs is 5. The van der Waals surface area contributed by atoms with Gasteiger partial charge in [-0.05, 0) is 62.2 Å². The van der Waals surface area contributed by atoms with Crippen LogP contribution < -0.4 is 0 Å². The Hall–Kier alpha value is -1.07. The molecular weight excluding hydrogens is 272 g/mol. The lowest BCUT2D eigenvalue weighted by Gasteiger charge is -2.54. The first-order chi connectivity index (χ1) is 10.5. The number of aliphatic hydroxyl groups is 1.